The summed E-state index contributed by atoms with van der Waals surface area (Å²) in [5, 5.41) is 5.97. The van der Waals surface area contributed by atoms with E-state index >= 15 is 4.39 Å². The van der Waals surface area contributed by atoms with Gasteiger partial charge < -0.3 is 15.1 Å². The van der Waals surface area contributed by atoms with Gasteiger partial charge in [0, 0.05) is 55.9 Å². The summed E-state index contributed by atoms with van der Waals surface area (Å²) in [6, 6.07) is 9.66. The Kier molecular flexibility index (Phi) is 11.2. The lowest BCUT2D eigenvalue weighted by Crippen LogP contribution is -2.54. The standard InChI is InChI=1S/C47H55ClFN9O6S/c1-27-22-32(8-9-35(27)51-45-50-26-30-23-34(48)44(61)57(42(30)53-45)31-6-4-5-7-31)65(63,64)33-24-47(25-33)16-20-55(21-17-47)28(2)29-14-18-56(19-15-29)36-10-11-37-41(40(36)49)54(3)46(62)58(37)38-12-13-39(59)52-43(38)60/h8-11,22-23,26,28-29,31,33,38H,4-7,12-21,24-25H2,1-3H3,(H,50,51,53)(H,52,59,60). The fraction of sp³-hybridized carbons (Fsp3) is 0.532. The number of anilines is 3. The van der Waals surface area contributed by atoms with Crippen LogP contribution in [0.2, 0.25) is 5.02 Å². The van der Waals surface area contributed by atoms with E-state index in [1.807, 2.05) is 11.8 Å². The SMILES string of the molecule is Cc1cc(S(=O)(=O)C2CC3(CCN(C(C)C4CCN(c5ccc6c(c5F)n(C)c(=O)n6C5CCC(=O)NC5=O)CC4)CC3)C2)ccc1Nc1ncc2cc(Cl)c(=O)n(C3CCCC3)c2n1. The highest BCUT2D eigenvalue weighted by Gasteiger charge is 2.51. The largest absolute Gasteiger partial charge is 0.369 e. The third-order valence-corrected chi connectivity index (χ3v) is 18.0. The Balaban J connectivity index is 0.737. The number of sulfone groups is 1. The normalized spacial score (nSPS) is 21.9. The number of rotatable bonds is 9. The van der Waals surface area contributed by atoms with Crippen molar-refractivity contribution in [2.45, 2.75) is 119 Å². The maximum atomic E-state index is 16.3. The number of benzene rings is 2. The van der Waals surface area contributed by atoms with Crippen LogP contribution in [0.4, 0.5) is 21.7 Å². The first-order chi connectivity index (χ1) is 31.1. The van der Waals surface area contributed by atoms with E-state index in [0.29, 0.717) is 76.7 Å². The molecule has 15 nitrogen and oxygen atoms in total. The summed E-state index contributed by atoms with van der Waals surface area (Å²) in [7, 11) is -2.03. The maximum absolute atomic E-state index is 16.3. The minimum Gasteiger partial charge on any atom is -0.369 e. The van der Waals surface area contributed by atoms with Crippen LogP contribution >= 0.6 is 11.6 Å². The Morgan fingerprint density at radius 2 is 1.66 bits per heavy atom. The van der Waals surface area contributed by atoms with Gasteiger partial charge in [0.15, 0.2) is 15.7 Å². The number of pyridine rings is 1. The van der Waals surface area contributed by atoms with Gasteiger partial charge >= 0.3 is 5.69 Å². The molecule has 2 N–H and O–H groups in total. The third-order valence-electron chi connectivity index (χ3n) is 15.6. The van der Waals surface area contributed by atoms with Gasteiger partial charge in [0.2, 0.25) is 17.8 Å². The average Bonchev–Trinajstić information content (AvgIpc) is 3.90. The molecular formula is C47H55ClFN9O6S. The van der Waals surface area contributed by atoms with Crippen molar-refractivity contribution in [3.63, 3.8) is 0 Å². The van der Waals surface area contributed by atoms with E-state index in [-0.39, 0.29) is 46.3 Å². The molecule has 65 heavy (non-hydrogen) atoms. The summed E-state index contributed by atoms with van der Waals surface area (Å²) >= 11 is 6.31. The van der Waals surface area contributed by atoms with Crippen LogP contribution in [0, 0.1) is 24.1 Å². The third kappa shape index (κ3) is 7.64. The lowest BCUT2D eigenvalue weighted by molar-refractivity contribution is -0.135. The zero-order valence-electron chi connectivity index (χ0n) is 37.0. The number of hydrogen-bond acceptors (Lipinski definition) is 11. The van der Waals surface area contributed by atoms with Crippen molar-refractivity contribution in [1.82, 2.24) is 33.9 Å². The van der Waals surface area contributed by atoms with Gasteiger partial charge in [0.1, 0.15) is 22.2 Å². The Labute approximate surface area is 381 Å². The molecule has 3 aliphatic heterocycles. The molecule has 3 aromatic heterocycles. The second-order valence-corrected chi connectivity index (χ2v) is 21.9. The lowest BCUT2D eigenvalue weighted by atomic mass is 9.62. The van der Waals surface area contributed by atoms with Crippen LogP contribution in [-0.4, -0.2) is 86.3 Å². The molecule has 5 aliphatic rings. The molecule has 344 valence electrons. The molecule has 1 spiro atoms. The van der Waals surface area contributed by atoms with Gasteiger partial charge in [-0.3, -0.25) is 33.4 Å². The molecule has 2 aromatic carbocycles. The monoisotopic (exact) mass is 927 g/mol. The van der Waals surface area contributed by atoms with Crippen LogP contribution < -0.4 is 26.8 Å². The van der Waals surface area contributed by atoms with E-state index in [1.165, 1.54) is 16.2 Å². The first-order valence-corrected chi connectivity index (χ1v) is 25.0. The predicted octanol–water partition coefficient (Wildman–Crippen LogP) is 6.71. The smallest absolute Gasteiger partial charge is 0.329 e. The van der Waals surface area contributed by atoms with E-state index in [2.05, 4.69) is 27.4 Å². The number of nitrogens with one attached hydrogen (secondary N) is 2. The van der Waals surface area contributed by atoms with Crippen LogP contribution in [0.25, 0.3) is 22.1 Å². The minimum atomic E-state index is -3.55. The van der Waals surface area contributed by atoms with Crippen molar-refractivity contribution >= 4 is 72.6 Å². The first-order valence-electron chi connectivity index (χ1n) is 23.0. The molecule has 5 fully saturated rings. The molecule has 0 bridgehead atoms. The van der Waals surface area contributed by atoms with Crippen LogP contribution in [0.1, 0.15) is 102 Å². The van der Waals surface area contributed by atoms with E-state index in [1.54, 1.807) is 47.2 Å². The summed E-state index contributed by atoms with van der Waals surface area (Å²) in [5.41, 5.74) is 2.17. The van der Waals surface area contributed by atoms with Crippen molar-refractivity contribution in [2.75, 3.05) is 36.4 Å². The van der Waals surface area contributed by atoms with E-state index in [9.17, 15) is 27.6 Å². The lowest BCUT2D eigenvalue weighted by Gasteiger charge is -2.53. The molecule has 10 rings (SSSR count). The zero-order valence-corrected chi connectivity index (χ0v) is 38.6. The highest BCUT2D eigenvalue weighted by atomic mass is 35.5. The van der Waals surface area contributed by atoms with Crippen molar-refractivity contribution < 1.29 is 22.4 Å². The van der Waals surface area contributed by atoms with Crippen LogP contribution in [-0.2, 0) is 26.5 Å². The molecule has 2 unspecified atom stereocenters. The number of nitrogens with zero attached hydrogens (tertiary/aromatic N) is 7. The number of imidazole rings is 1. The van der Waals surface area contributed by atoms with Crippen molar-refractivity contribution in [1.29, 1.82) is 0 Å². The average molecular weight is 929 g/mol. The number of likely N-dealkylation sites (tertiary alicyclic amines) is 1. The molecule has 2 atom stereocenters. The van der Waals surface area contributed by atoms with Crippen molar-refractivity contribution in [3.05, 3.63) is 79.8 Å². The Bertz CT molecular complexity index is 2980. The Hall–Kier alpha value is -5.13. The topological polar surface area (TPSA) is 174 Å². The number of hydrogen-bond donors (Lipinski definition) is 2. The van der Waals surface area contributed by atoms with E-state index < -0.39 is 38.5 Å². The number of carbonyl (C=O) groups is 2. The van der Waals surface area contributed by atoms with Gasteiger partial charge in [-0.2, -0.15) is 4.98 Å². The highest BCUT2D eigenvalue weighted by Crippen LogP contribution is 2.53. The van der Waals surface area contributed by atoms with Crippen LogP contribution in [0.3, 0.4) is 0 Å². The highest BCUT2D eigenvalue weighted by molar-refractivity contribution is 7.92. The second-order valence-electron chi connectivity index (χ2n) is 19.3. The van der Waals surface area contributed by atoms with Gasteiger partial charge in [0.05, 0.1) is 21.3 Å². The fourth-order valence-corrected chi connectivity index (χ4v) is 14.0. The van der Waals surface area contributed by atoms with Crippen LogP contribution in [0.15, 0.2) is 57.1 Å². The molecule has 2 amide bonds. The van der Waals surface area contributed by atoms with Gasteiger partial charge in [-0.1, -0.05) is 24.4 Å². The molecule has 0 radical (unpaired) electrons. The van der Waals surface area contributed by atoms with E-state index in [4.69, 9.17) is 16.6 Å². The van der Waals surface area contributed by atoms with Crippen molar-refractivity contribution in [3.8, 4) is 0 Å². The minimum absolute atomic E-state index is 0.0260. The molecule has 18 heteroatoms. The molecule has 2 aliphatic carbocycles. The Morgan fingerprint density at radius 3 is 2.35 bits per heavy atom. The van der Waals surface area contributed by atoms with E-state index in [0.717, 1.165) is 70.0 Å². The fourth-order valence-electron chi connectivity index (χ4n) is 11.7. The van der Waals surface area contributed by atoms with Crippen LogP contribution in [0.5, 0.6) is 0 Å². The number of fused-ring (bicyclic) bond motifs is 2. The van der Waals surface area contributed by atoms with Gasteiger partial charge in [-0.25, -0.2) is 22.6 Å². The second kappa shape index (κ2) is 16.6. The summed E-state index contributed by atoms with van der Waals surface area (Å²) in [5.74, 6) is -0.679. The molecule has 5 aromatic rings. The van der Waals surface area contributed by atoms with Gasteiger partial charge in [-0.05, 0) is 138 Å². The number of imide groups is 1. The number of aryl methyl sites for hydroxylation is 2. The summed E-state index contributed by atoms with van der Waals surface area (Å²) in [4.78, 5) is 64.9. The molecule has 2 saturated carbocycles. The number of piperidine rings is 3. The number of halogens is 2. The van der Waals surface area contributed by atoms with Gasteiger partial charge in [-0.15, -0.1) is 0 Å². The molecular weight excluding hydrogens is 873 g/mol. The Morgan fingerprint density at radius 1 is 0.938 bits per heavy atom. The summed E-state index contributed by atoms with van der Waals surface area (Å²) in [6.45, 7) is 7.32. The zero-order chi connectivity index (χ0) is 45.5. The predicted molar refractivity (Wildman–Crippen MR) is 247 cm³/mol. The number of amides is 2. The summed E-state index contributed by atoms with van der Waals surface area (Å²) < 4.78 is 48.5. The molecule has 3 saturated heterocycles. The summed E-state index contributed by atoms with van der Waals surface area (Å²) in [6.07, 6.45) is 10.8. The van der Waals surface area contributed by atoms with Crippen molar-refractivity contribution in [2.24, 2.45) is 18.4 Å². The van der Waals surface area contributed by atoms with Gasteiger partial charge in [0.25, 0.3) is 5.56 Å². The maximum Gasteiger partial charge on any atom is 0.329 e. The molecule has 6 heterocycles. The number of carbonyl (C=O) groups excluding carboxylic acids is 2. The number of aromatic nitrogens is 5. The quantitative estimate of drug-likeness (QED) is 0.151. The first kappa shape index (κ1) is 43.7.